The molecule has 0 aromatic heterocycles. The molecule has 0 bridgehead atoms. The van der Waals surface area contributed by atoms with E-state index in [0.29, 0.717) is 11.8 Å². The summed E-state index contributed by atoms with van der Waals surface area (Å²) >= 11 is 4.84. The van der Waals surface area contributed by atoms with Gasteiger partial charge in [0.25, 0.3) is 0 Å². The lowest BCUT2D eigenvalue weighted by atomic mass is 10.2. The molecule has 10 nitrogen and oxygen atoms in total. The molecule has 2 aromatic carbocycles. The Balaban J connectivity index is 2.20. The maximum atomic E-state index is 13.0. The molecule has 0 aliphatic rings. The summed E-state index contributed by atoms with van der Waals surface area (Å²) in [6, 6.07) is 9.90. The van der Waals surface area contributed by atoms with Crippen LogP contribution in [-0.4, -0.2) is 57.6 Å². The van der Waals surface area contributed by atoms with E-state index in [9.17, 15) is 29.1 Å². The summed E-state index contributed by atoms with van der Waals surface area (Å²) in [4.78, 5) is 61.1. The number of thiol groups is 1. The summed E-state index contributed by atoms with van der Waals surface area (Å²) < 4.78 is 10.9. The van der Waals surface area contributed by atoms with Crippen molar-refractivity contribution in [2.45, 2.75) is 32.9 Å². The number of hydrogen-bond acceptors (Lipinski definition) is 10. The molecule has 1 amide bonds. The molecule has 2 rings (SSSR count). The third kappa shape index (κ3) is 8.96. The number of allylic oxidation sites excluding steroid dienone is 2. The number of para-hydroxylation sites is 2. The van der Waals surface area contributed by atoms with Gasteiger partial charge in [-0.05, 0) is 38.1 Å². The van der Waals surface area contributed by atoms with Crippen LogP contribution >= 0.6 is 24.4 Å². The lowest BCUT2D eigenvalue weighted by Gasteiger charge is -2.18. The zero-order valence-electron chi connectivity index (χ0n) is 20.9. The molecule has 2 unspecified atom stereocenters. The average Bonchev–Trinajstić information content (AvgIpc) is 2.89. The SMILES string of the molecule is C/C=C(/C)NC(CS)C(=O)Oc1ccccc1C(=O)Oc1ccccc1C(=O)SCC(NC(C)=O)C(=O)O. The Morgan fingerprint density at radius 2 is 1.50 bits per heavy atom. The third-order valence-electron chi connectivity index (χ3n) is 4.99. The van der Waals surface area contributed by atoms with E-state index in [1.165, 1.54) is 31.2 Å². The number of carboxylic acid groups (broad SMARTS) is 1. The summed E-state index contributed by atoms with van der Waals surface area (Å²) in [6.45, 7) is 4.77. The molecule has 202 valence electrons. The van der Waals surface area contributed by atoms with Gasteiger partial charge in [0, 0.05) is 24.1 Å². The number of hydrogen-bond donors (Lipinski definition) is 4. The number of aliphatic carboxylic acids is 1. The first-order chi connectivity index (χ1) is 18.1. The molecule has 0 aliphatic carbocycles. The number of ether oxygens (including phenoxy) is 2. The van der Waals surface area contributed by atoms with Crippen LogP contribution in [0.25, 0.3) is 0 Å². The maximum Gasteiger partial charge on any atom is 0.347 e. The van der Waals surface area contributed by atoms with Gasteiger partial charge in [0.05, 0.1) is 5.56 Å². The maximum absolute atomic E-state index is 13.0. The zero-order valence-corrected chi connectivity index (χ0v) is 22.6. The van der Waals surface area contributed by atoms with E-state index >= 15 is 0 Å². The van der Waals surface area contributed by atoms with Crippen molar-refractivity contribution >= 4 is 53.3 Å². The number of esters is 2. The van der Waals surface area contributed by atoms with Crippen molar-refractivity contribution in [2.75, 3.05) is 11.5 Å². The fourth-order valence-electron chi connectivity index (χ4n) is 2.98. The zero-order chi connectivity index (χ0) is 28.2. The van der Waals surface area contributed by atoms with Crippen LogP contribution in [0.3, 0.4) is 0 Å². The fraction of sp³-hybridized carbons (Fsp3) is 0.269. The minimum atomic E-state index is -1.29. The van der Waals surface area contributed by atoms with Crippen molar-refractivity contribution in [3.05, 3.63) is 71.4 Å². The molecule has 2 aromatic rings. The summed E-state index contributed by atoms with van der Waals surface area (Å²) in [5.41, 5.74) is 0.723. The predicted octanol–water partition coefficient (Wildman–Crippen LogP) is 3.09. The molecule has 0 saturated carbocycles. The van der Waals surface area contributed by atoms with Crippen molar-refractivity contribution in [3.8, 4) is 11.5 Å². The number of benzene rings is 2. The number of rotatable bonds is 12. The Labute approximate surface area is 229 Å². The van der Waals surface area contributed by atoms with Crippen molar-refractivity contribution in [1.29, 1.82) is 0 Å². The first kappa shape index (κ1) is 30.5. The van der Waals surface area contributed by atoms with Gasteiger partial charge >= 0.3 is 17.9 Å². The van der Waals surface area contributed by atoms with Crippen LogP contribution in [0.15, 0.2) is 60.3 Å². The standard InChI is InChI=1S/C26H28N2O8S2/c1-4-15(2)27-19(13-37)25(33)36-21-11-7-5-9-17(21)24(32)35-22-12-8-6-10-18(22)26(34)38-14-20(23(30)31)28-16(3)29/h4-12,19-20,27,37H,13-14H2,1-3H3,(H,28,29)(H,30,31)/b15-4-. The monoisotopic (exact) mass is 560 g/mol. The van der Waals surface area contributed by atoms with Crippen molar-refractivity contribution in [3.63, 3.8) is 0 Å². The molecule has 0 spiro atoms. The van der Waals surface area contributed by atoms with E-state index in [0.717, 1.165) is 5.70 Å². The van der Waals surface area contributed by atoms with Crippen LogP contribution in [0, 0.1) is 0 Å². The van der Waals surface area contributed by atoms with Gasteiger partial charge in [0.2, 0.25) is 11.0 Å². The summed E-state index contributed by atoms with van der Waals surface area (Å²) in [6.07, 6.45) is 1.79. The summed E-state index contributed by atoms with van der Waals surface area (Å²) in [5, 5.41) is 13.9. The van der Waals surface area contributed by atoms with Gasteiger partial charge in [0.15, 0.2) is 0 Å². The van der Waals surface area contributed by atoms with Gasteiger partial charge in [-0.1, -0.05) is 42.1 Å². The second-order valence-corrected chi connectivity index (χ2v) is 9.20. The second kappa shape index (κ2) is 14.8. The highest BCUT2D eigenvalue weighted by Gasteiger charge is 2.25. The largest absolute Gasteiger partial charge is 0.480 e. The molecule has 0 aliphatic heterocycles. The number of carboxylic acids is 1. The van der Waals surface area contributed by atoms with E-state index in [1.54, 1.807) is 37.3 Å². The number of thioether (sulfide) groups is 1. The average molecular weight is 561 g/mol. The molecular formula is C26H28N2O8S2. The Morgan fingerprint density at radius 1 is 0.921 bits per heavy atom. The molecule has 0 fully saturated rings. The first-order valence-electron chi connectivity index (χ1n) is 11.4. The van der Waals surface area contributed by atoms with E-state index in [1.807, 2.05) is 6.92 Å². The quantitative estimate of drug-likeness (QED) is 0.173. The highest BCUT2D eigenvalue weighted by Crippen LogP contribution is 2.27. The minimum absolute atomic E-state index is 0.0217. The molecule has 38 heavy (non-hydrogen) atoms. The predicted molar refractivity (Wildman–Crippen MR) is 146 cm³/mol. The van der Waals surface area contributed by atoms with E-state index < -0.39 is 41.0 Å². The van der Waals surface area contributed by atoms with E-state index in [-0.39, 0.29) is 34.1 Å². The fourth-order valence-corrected chi connectivity index (χ4v) is 4.09. The number of carbonyl (C=O) groups excluding carboxylic acids is 4. The van der Waals surface area contributed by atoms with Gasteiger partial charge in [-0.25, -0.2) is 14.4 Å². The summed E-state index contributed by atoms with van der Waals surface area (Å²) in [5.74, 6) is -3.56. The van der Waals surface area contributed by atoms with Gasteiger partial charge in [-0.2, -0.15) is 12.6 Å². The Kier molecular flexibility index (Phi) is 11.9. The normalized spacial score (nSPS) is 12.6. The van der Waals surface area contributed by atoms with E-state index in [4.69, 9.17) is 9.47 Å². The van der Waals surface area contributed by atoms with Crippen LogP contribution in [0.5, 0.6) is 11.5 Å². The Hall–Kier alpha value is -3.77. The Morgan fingerprint density at radius 3 is 2.05 bits per heavy atom. The van der Waals surface area contributed by atoms with Crippen LogP contribution in [0.4, 0.5) is 0 Å². The van der Waals surface area contributed by atoms with E-state index in [2.05, 4.69) is 23.3 Å². The highest BCUT2D eigenvalue weighted by molar-refractivity contribution is 8.14. The van der Waals surface area contributed by atoms with Crippen molar-refractivity contribution in [1.82, 2.24) is 10.6 Å². The number of carbonyl (C=O) groups is 5. The number of nitrogens with one attached hydrogen (secondary N) is 2. The van der Waals surface area contributed by atoms with Crippen LogP contribution < -0.4 is 20.1 Å². The van der Waals surface area contributed by atoms with Crippen molar-refractivity contribution < 1.29 is 38.6 Å². The number of amides is 1. The first-order valence-corrected chi connectivity index (χ1v) is 13.0. The highest BCUT2D eigenvalue weighted by atomic mass is 32.2. The molecular weight excluding hydrogens is 532 g/mol. The summed E-state index contributed by atoms with van der Waals surface area (Å²) in [7, 11) is 0. The molecule has 0 heterocycles. The molecule has 0 radical (unpaired) electrons. The lowest BCUT2D eigenvalue weighted by Crippen LogP contribution is -2.41. The van der Waals surface area contributed by atoms with Gasteiger partial charge < -0.3 is 25.2 Å². The van der Waals surface area contributed by atoms with Crippen LogP contribution in [0.2, 0.25) is 0 Å². The second-order valence-electron chi connectivity index (χ2n) is 7.84. The van der Waals surface area contributed by atoms with Gasteiger partial charge in [-0.15, -0.1) is 0 Å². The molecule has 0 saturated heterocycles. The van der Waals surface area contributed by atoms with Gasteiger partial charge in [0.1, 0.15) is 29.1 Å². The topological polar surface area (TPSA) is 148 Å². The van der Waals surface area contributed by atoms with Gasteiger partial charge in [-0.3, -0.25) is 9.59 Å². The minimum Gasteiger partial charge on any atom is -0.480 e. The molecule has 3 N–H and O–H groups in total. The van der Waals surface area contributed by atoms with Crippen LogP contribution in [-0.2, 0) is 14.4 Å². The smallest absolute Gasteiger partial charge is 0.347 e. The third-order valence-corrected chi connectivity index (χ3v) is 6.33. The van der Waals surface area contributed by atoms with Crippen LogP contribution in [0.1, 0.15) is 41.5 Å². The van der Waals surface area contributed by atoms with Crippen molar-refractivity contribution in [2.24, 2.45) is 0 Å². The Bertz CT molecular complexity index is 1230. The molecule has 2 atom stereocenters. The molecule has 12 heteroatoms. The lowest BCUT2D eigenvalue weighted by molar-refractivity contribution is -0.140.